The molecule has 2 aromatic rings. The lowest BCUT2D eigenvalue weighted by atomic mass is 9.81. The smallest absolute Gasteiger partial charge is 0.198 e. The molecule has 2 aromatic carbocycles. The summed E-state index contributed by atoms with van der Waals surface area (Å²) < 4.78 is 17.8. The SMILES string of the molecule is CCOc1ccc(Cc2cc([C@]34CC(O)[C@H](O)[C@](C(O)CC)(CO3)O4)ccc2Cl)cc1. The van der Waals surface area contributed by atoms with Crippen molar-refractivity contribution in [3.05, 3.63) is 64.2 Å². The maximum atomic E-state index is 10.6. The van der Waals surface area contributed by atoms with Crippen molar-refractivity contribution >= 4 is 11.6 Å². The van der Waals surface area contributed by atoms with Gasteiger partial charge >= 0.3 is 0 Å². The zero-order valence-corrected chi connectivity index (χ0v) is 18.5. The highest BCUT2D eigenvalue weighted by Crippen LogP contribution is 2.51. The van der Waals surface area contributed by atoms with Crippen molar-refractivity contribution < 1.29 is 29.5 Å². The summed E-state index contributed by atoms with van der Waals surface area (Å²) >= 11 is 6.48. The molecule has 0 aliphatic carbocycles. The van der Waals surface area contributed by atoms with Crippen LogP contribution in [0, 0.1) is 0 Å². The predicted octanol–water partition coefficient (Wildman–Crippen LogP) is 3.16. The van der Waals surface area contributed by atoms with Crippen LogP contribution >= 0.6 is 11.6 Å². The van der Waals surface area contributed by atoms with E-state index in [-0.39, 0.29) is 13.0 Å². The van der Waals surface area contributed by atoms with Gasteiger partial charge in [0.2, 0.25) is 0 Å². The largest absolute Gasteiger partial charge is 0.494 e. The van der Waals surface area contributed by atoms with Gasteiger partial charge in [0.25, 0.3) is 0 Å². The fraction of sp³-hybridized carbons (Fsp3) is 0.500. The second kappa shape index (κ2) is 8.70. The zero-order valence-electron chi connectivity index (χ0n) is 17.8. The summed E-state index contributed by atoms with van der Waals surface area (Å²) in [4.78, 5) is 0. The predicted molar refractivity (Wildman–Crippen MR) is 116 cm³/mol. The van der Waals surface area contributed by atoms with E-state index in [9.17, 15) is 15.3 Å². The van der Waals surface area contributed by atoms with Gasteiger partial charge in [-0.05, 0) is 55.2 Å². The van der Waals surface area contributed by atoms with Gasteiger partial charge in [0, 0.05) is 17.0 Å². The summed E-state index contributed by atoms with van der Waals surface area (Å²) in [5, 5.41) is 32.3. The second-order valence-electron chi connectivity index (χ2n) is 8.30. The topological polar surface area (TPSA) is 88.4 Å². The van der Waals surface area contributed by atoms with Gasteiger partial charge in [-0.3, -0.25) is 0 Å². The molecule has 2 unspecified atom stereocenters. The molecule has 168 valence electrons. The molecule has 2 saturated heterocycles. The van der Waals surface area contributed by atoms with Crippen LogP contribution in [-0.2, 0) is 21.7 Å². The van der Waals surface area contributed by atoms with E-state index in [2.05, 4.69) is 0 Å². The van der Waals surface area contributed by atoms with Crippen LogP contribution < -0.4 is 4.74 Å². The minimum atomic E-state index is -1.36. The minimum Gasteiger partial charge on any atom is -0.494 e. The van der Waals surface area contributed by atoms with Gasteiger partial charge < -0.3 is 29.5 Å². The number of rotatable bonds is 7. The first-order valence-corrected chi connectivity index (χ1v) is 11.1. The van der Waals surface area contributed by atoms with E-state index in [0.29, 0.717) is 30.0 Å². The standard InChI is InChI=1S/C24H29ClO6/c1-3-21(27)23-14-30-24(31-23,13-20(26)22(23)28)17-7-10-19(25)16(12-17)11-15-5-8-18(9-6-15)29-4-2/h5-10,12,20-22,26-28H,3-4,11,13-14H2,1-2H3/t20?,21?,22-,23+,24+/m0/s1. The highest BCUT2D eigenvalue weighted by Gasteiger charge is 2.64. The Morgan fingerprint density at radius 2 is 1.90 bits per heavy atom. The lowest BCUT2D eigenvalue weighted by Crippen LogP contribution is -2.62. The van der Waals surface area contributed by atoms with Gasteiger partial charge in [-0.25, -0.2) is 0 Å². The highest BCUT2D eigenvalue weighted by molar-refractivity contribution is 6.31. The van der Waals surface area contributed by atoms with Crippen LogP contribution in [-0.4, -0.2) is 52.4 Å². The Hall–Kier alpha value is -1.67. The van der Waals surface area contributed by atoms with Crippen LogP contribution in [0.4, 0.5) is 0 Å². The molecule has 5 atom stereocenters. The van der Waals surface area contributed by atoms with Crippen LogP contribution in [0.25, 0.3) is 0 Å². The van der Waals surface area contributed by atoms with Gasteiger partial charge in [0.15, 0.2) is 5.79 Å². The van der Waals surface area contributed by atoms with Crippen LogP contribution in [0.5, 0.6) is 5.75 Å². The molecule has 2 heterocycles. The van der Waals surface area contributed by atoms with Crippen molar-refractivity contribution in [2.45, 2.75) is 62.8 Å². The highest BCUT2D eigenvalue weighted by atomic mass is 35.5. The van der Waals surface area contributed by atoms with Crippen molar-refractivity contribution in [2.75, 3.05) is 13.2 Å². The third-order valence-corrected chi connectivity index (χ3v) is 6.66. The number of halogens is 1. The Bertz CT molecular complexity index is 919. The second-order valence-corrected chi connectivity index (χ2v) is 8.71. The lowest BCUT2D eigenvalue weighted by Gasteiger charge is -2.45. The molecule has 0 amide bonds. The van der Waals surface area contributed by atoms with E-state index in [0.717, 1.165) is 16.9 Å². The molecule has 7 heteroatoms. The van der Waals surface area contributed by atoms with E-state index in [1.54, 1.807) is 13.0 Å². The number of benzene rings is 2. The molecular weight excluding hydrogens is 420 g/mol. The average Bonchev–Trinajstić information content (AvgIpc) is 3.12. The van der Waals surface area contributed by atoms with Crippen LogP contribution in [0.2, 0.25) is 5.02 Å². The molecule has 6 nitrogen and oxygen atoms in total. The van der Waals surface area contributed by atoms with E-state index < -0.39 is 29.7 Å². The summed E-state index contributed by atoms with van der Waals surface area (Å²) in [5.41, 5.74) is 1.30. The third kappa shape index (κ3) is 3.97. The quantitative estimate of drug-likeness (QED) is 0.603. The first-order chi connectivity index (χ1) is 14.8. The number of aliphatic hydroxyl groups is 3. The monoisotopic (exact) mass is 448 g/mol. The first kappa shape index (κ1) is 22.5. The molecule has 0 spiro atoms. The summed E-state index contributed by atoms with van der Waals surface area (Å²) in [7, 11) is 0. The van der Waals surface area contributed by atoms with Crippen molar-refractivity contribution in [1.82, 2.24) is 0 Å². The van der Waals surface area contributed by atoms with Gasteiger partial charge in [-0.2, -0.15) is 0 Å². The van der Waals surface area contributed by atoms with Crippen LogP contribution in [0.1, 0.15) is 43.4 Å². The summed E-state index contributed by atoms with van der Waals surface area (Å²) in [6, 6.07) is 13.4. The van der Waals surface area contributed by atoms with E-state index >= 15 is 0 Å². The number of hydrogen-bond donors (Lipinski definition) is 3. The molecule has 2 fully saturated rings. The Kier molecular flexibility index (Phi) is 6.32. The molecular formula is C24H29ClO6. The maximum Gasteiger partial charge on any atom is 0.198 e. The summed E-state index contributed by atoms with van der Waals surface area (Å²) in [5.74, 6) is -0.425. The molecule has 0 aromatic heterocycles. The van der Waals surface area contributed by atoms with Crippen molar-refractivity contribution in [1.29, 1.82) is 0 Å². The molecule has 0 saturated carbocycles. The summed E-state index contributed by atoms with van der Waals surface area (Å²) in [6.45, 7) is 4.36. The van der Waals surface area contributed by atoms with Gasteiger partial charge in [-0.15, -0.1) is 0 Å². The Labute approximate surface area is 187 Å². The first-order valence-electron chi connectivity index (χ1n) is 10.7. The van der Waals surface area contributed by atoms with Gasteiger partial charge in [-0.1, -0.05) is 36.7 Å². The normalized spacial score (nSPS) is 30.9. The van der Waals surface area contributed by atoms with Gasteiger partial charge in [0.05, 0.1) is 25.4 Å². The summed E-state index contributed by atoms with van der Waals surface area (Å²) in [6.07, 6.45) is -2.24. The Morgan fingerprint density at radius 3 is 2.58 bits per heavy atom. The molecule has 2 aliphatic heterocycles. The van der Waals surface area contributed by atoms with Crippen LogP contribution in [0.3, 0.4) is 0 Å². The average molecular weight is 449 g/mol. The molecule has 2 bridgehead atoms. The van der Waals surface area contributed by atoms with Crippen molar-refractivity contribution in [2.24, 2.45) is 0 Å². The molecule has 3 N–H and O–H groups in total. The fourth-order valence-electron chi connectivity index (χ4n) is 4.56. The van der Waals surface area contributed by atoms with E-state index in [4.69, 9.17) is 25.8 Å². The zero-order chi connectivity index (χ0) is 22.2. The van der Waals surface area contributed by atoms with E-state index in [1.165, 1.54) is 0 Å². The molecule has 4 rings (SSSR count). The molecule has 0 radical (unpaired) electrons. The number of fused-ring (bicyclic) bond motifs is 2. The van der Waals surface area contributed by atoms with Crippen LogP contribution in [0.15, 0.2) is 42.5 Å². The fourth-order valence-corrected chi connectivity index (χ4v) is 4.74. The van der Waals surface area contributed by atoms with Crippen molar-refractivity contribution in [3.63, 3.8) is 0 Å². The van der Waals surface area contributed by atoms with E-state index in [1.807, 2.05) is 43.3 Å². The number of hydrogen-bond acceptors (Lipinski definition) is 6. The maximum absolute atomic E-state index is 10.6. The Morgan fingerprint density at radius 1 is 1.16 bits per heavy atom. The third-order valence-electron chi connectivity index (χ3n) is 6.29. The molecule has 2 aliphatic rings. The number of ether oxygens (including phenoxy) is 3. The number of aliphatic hydroxyl groups excluding tert-OH is 3. The minimum absolute atomic E-state index is 0.00289. The van der Waals surface area contributed by atoms with Gasteiger partial charge in [0.1, 0.15) is 17.5 Å². The molecule has 31 heavy (non-hydrogen) atoms. The lowest BCUT2D eigenvalue weighted by molar-refractivity contribution is -0.294. The Balaban J connectivity index is 1.63. The van der Waals surface area contributed by atoms with Crippen molar-refractivity contribution in [3.8, 4) is 5.75 Å².